The smallest absolute Gasteiger partial charge is 0.271 e. The van der Waals surface area contributed by atoms with E-state index in [2.05, 4.69) is 5.10 Å². The molecule has 84 valence electrons. The Labute approximate surface area is 91.5 Å². The zero-order chi connectivity index (χ0) is 11.5. The SMILES string of the molecule is NCc1c[nH]n(Cc2cccc(F)c2)c1=O. The minimum absolute atomic E-state index is 0.160. The van der Waals surface area contributed by atoms with E-state index in [4.69, 9.17) is 5.73 Å². The van der Waals surface area contributed by atoms with E-state index >= 15 is 0 Å². The number of rotatable bonds is 3. The average molecular weight is 221 g/mol. The van der Waals surface area contributed by atoms with Crippen LogP contribution in [0.4, 0.5) is 4.39 Å². The van der Waals surface area contributed by atoms with E-state index in [-0.39, 0.29) is 17.9 Å². The maximum Gasteiger partial charge on any atom is 0.271 e. The molecule has 0 aliphatic rings. The van der Waals surface area contributed by atoms with Crippen LogP contribution in [0.25, 0.3) is 0 Å². The topological polar surface area (TPSA) is 63.8 Å². The highest BCUT2D eigenvalue weighted by atomic mass is 19.1. The first kappa shape index (κ1) is 10.6. The number of nitrogens with two attached hydrogens (primary N) is 1. The standard InChI is InChI=1S/C11H12FN3O/c12-10-3-1-2-8(4-10)7-15-11(16)9(5-13)6-14-15/h1-4,6,14H,5,7,13H2. The molecule has 2 rings (SSSR count). The van der Waals surface area contributed by atoms with Crippen molar-refractivity contribution in [1.82, 2.24) is 9.78 Å². The minimum Gasteiger partial charge on any atom is -0.326 e. The molecule has 0 radical (unpaired) electrons. The number of nitrogens with one attached hydrogen (secondary N) is 1. The van der Waals surface area contributed by atoms with Gasteiger partial charge in [0.15, 0.2) is 0 Å². The Bertz CT molecular complexity index is 544. The number of aromatic amines is 1. The molecule has 0 saturated heterocycles. The number of aromatic nitrogens is 2. The third-order valence-corrected chi connectivity index (χ3v) is 2.36. The number of hydrogen-bond acceptors (Lipinski definition) is 2. The number of nitrogens with zero attached hydrogens (tertiary/aromatic N) is 1. The Morgan fingerprint density at radius 1 is 1.44 bits per heavy atom. The summed E-state index contributed by atoms with van der Waals surface area (Å²) in [5.41, 5.74) is 6.48. The van der Waals surface area contributed by atoms with Gasteiger partial charge in [-0.25, -0.2) is 9.07 Å². The summed E-state index contributed by atoms with van der Waals surface area (Å²) in [5, 5.41) is 2.79. The Hall–Kier alpha value is -1.88. The Balaban J connectivity index is 2.27. The van der Waals surface area contributed by atoms with Crippen LogP contribution in [0, 0.1) is 5.82 Å². The highest BCUT2D eigenvalue weighted by molar-refractivity contribution is 5.17. The summed E-state index contributed by atoms with van der Waals surface area (Å²) < 4.78 is 14.3. The van der Waals surface area contributed by atoms with Gasteiger partial charge in [-0.1, -0.05) is 12.1 Å². The Morgan fingerprint density at radius 3 is 2.88 bits per heavy atom. The fraction of sp³-hybridized carbons (Fsp3) is 0.182. The fourth-order valence-electron chi connectivity index (χ4n) is 1.53. The third-order valence-electron chi connectivity index (χ3n) is 2.36. The molecule has 1 aromatic carbocycles. The summed E-state index contributed by atoms with van der Waals surface area (Å²) in [7, 11) is 0. The summed E-state index contributed by atoms with van der Waals surface area (Å²) in [6.07, 6.45) is 1.57. The van der Waals surface area contributed by atoms with Crippen LogP contribution in [-0.2, 0) is 13.1 Å². The quantitative estimate of drug-likeness (QED) is 0.806. The molecule has 0 spiro atoms. The van der Waals surface area contributed by atoms with Crippen LogP contribution < -0.4 is 11.3 Å². The van der Waals surface area contributed by atoms with Gasteiger partial charge in [-0.3, -0.25) is 4.79 Å². The Morgan fingerprint density at radius 2 is 2.25 bits per heavy atom. The number of benzene rings is 1. The molecule has 3 N–H and O–H groups in total. The van der Waals surface area contributed by atoms with Crippen molar-refractivity contribution in [3.8, 4) is 0 Å². The van der Waals surface area contributed by atoms with Gasteiger partial charge in [-0.15, -0.1) is 0 Å². The van der Waals surface area contributed by atoms with Crippen molar-refractivity contribution < 1.29 is 4.39 Å². The van der Waals surface area contributed by atoms with E-state index in [0.717, 1.165) is 5.56 Å². The highest BCUT2D eigenvalue weighted by Crippen LogP contribution is 2.04. The Kier molecular flexibility index (Phi) is 2.87. The largest absolute Gasteiger partial charge is 0.326 e. The summed E-state index contributed by atoms with van der Waals surface area (Å²) in [5.74, 6) is -0.309. The number of hydrogen-bond donors (Lipinski definition) is 2. The van der Waals surface area contributed by atoms with Gasteiger partial charge in [-0.2, -0.15) is 0 Å². The molecule has 0 saturated carbocycles. The van der Waals surface area contributed by atoms with E-state index in [1.165, 1.54) is 16.8 Å². The molecule has 0 amide bonds. The van der Waals surface area contributed by atoms with Crippen molar-refractivity contribution >= 4 is 0 Å². The van der Waals surface area contributed by atoms with Crippen LogP contribution in [-0.4, -0.2) is 9.78 Å². The molecule has 0 atom stereocenters. The van der Waals surface area contributed by atoms with Gasteiger partial charge in [0.2, 0.25) is 0 Å². The molecule has 0 fully saturated rings. The van der Waals surface area contributed by atoms with Crippen LogP contribution in [0.3, 0.4) is 0 Å². The lowest BCUT2D eigenvalue weighted by molar-refractivity contribution is 0.616. The zero-order valence-corrected chi connectivity index (χ0v) is 8.61. The molecule has 4 nitrogen and oxygen atoms in total. The van der Waals surface area contributed by atoms with Crippen molar-refractivity contribution in [1.29, 1.82) is 0 Å². The molecule has 0 unspecified atom stereocenters. The molecule has 2 aromatic rings. The summed E-state index contributed by atoms with van der Waals surface area (Å²) in [6, 6.07) is 6.14. The van der Waals surface area contributed by atoms with E-state index in [9.17, 15) is 9.18 Å². The molecule has 0 aliphatic heterocycles. The van der Waals surface area contributed by atoms with E-state index in [1.807, 2.05) is 0 Å². The third kappa shape index (κ3) is 2.04. The van der Waals surface area contributed by atoms with Crippen LogP contribution in [0.5, 0.6) is 0 Å². The van der Waals surface area contributed by atoms with Crippen LogP contribution in [0.15, 0.2) is 35.3 Å². The van der Waals surface area contributed by atoms with Gasteiger partial charge in [-0.05, 0) is 17.7 Å². The monoisotopic (exact) mass is 221 g/mol. The van der Waals surface area contributed by atoms with Crippen LogP contribution >= 0.6 is 0 Å². The van der Waals surface area contributed by atoms with Crippen molar-refractivity contribution in [3.63, 3.8) is 0 Å². The van der Waals surface area contributed by atoms with Gasteiger partial charge in [0.1, 0.15) is 5.82 Å². The lowest BCUT2D eigenvalue weighted by atomic mass is 10.2. The maximum absolute atomic E-state index is 12.9. The molecule has 1 heterocycles. The van der Waals surface area contributed by atoms with Crippen molar-refractivity contribution in [2.24, 2.45) is 5.73 Å². The predicted molar refractivity (Wildman–Crippen MR) is 58.4 cm³/mol. The second kappa shape index (κ2) is 4.32. The maximum atomic E-state index is 12.9. The first-order chi connectivity index (χ1) is 7.70. The summed E-state index contributed by atoms with van der Waals surface area (Å²) >= 11 is 0. The van der Waals surface area contributed by atoms with Crippen molar-refractivity contribution in [2.45, 2.75) is 13.1 Å². The molecule has 5 heteroatoms. The van der Waals surface area contributed by atoms with Gasteiger partial charge >= 0.3 is 0 Å². The zero-order valence-electron chi connectivity index (χ0n) is 8.61. The van der Waals surface area contributed by atoms with E-state index < -0.39 is 0 Å². The fourth-order valence-corrected chi connectivity index (χ4v) is 1.53. The molecular formula is C11H12FN3O. The number of halogens is 1. The first-order valence-corrected chi connectivity index (χ1v) is 4.92. The van der Waals surface area contributed by atoms with Crippen molar-refractivity contribution in [2.75, 3.05) is 0 Å². The van der Waals surface area contributed by atoms with Gasteiger partial charge in [0.05, 0.1) is 6.54 Å². The van der Waals surface area contributed by atoms with E-state index in [1.54, 1.807) is 18.3 Å². The average Bonchev–Trinajstić information content (AvgIpc) is 2.60. The van der Waals surface area contributed by atoms with Gasteiger partial charge in [0.25, 0.3) is 5.56 Å². The lowest BCUT2D eigenvalue weighted by Crippen LogP contribution is -2.21. The number of H-pyrrole nitrogens is 1. The van der Waals surface area contributed by atoms with Crippen molar-refractivity contribution in [3.05, 3.63) is 57.8 Å². The summed E-state index contributed by atoms with van der Waals surface area (Å²) in [6.45, 7) is 0.516. The molecule has 0 bridgehead atoms. The lowest BCUT2D eigenvalue weighted by Gasteiger charge is -2.01. The normalized spacial score (nSPS) is 10.6. The van der Waals surface area contributed by atoms with Crippen LogP contribution in [0.1, 0.15) is 11.1 Å². The molecule has 1 aromatic heterocycles. The van der Waals surface area contributed by atoms with Gasteiger partial charge < -0.3 is 10.8 Å². The second-order valence-electron chi connectivity index (χ2n) is 3.52. The van der Waals surface area contributed by atoms with E-state index in [0.29, 0.717) is 12.1 Å². The summed E-state index contributed by atoms with van der Waals surface area (Å²) in [4.78, 5) is 11.6. The van der Waals surface area contributed by atoms with Crippen LogP contribution in [0.2, 0.25) is 0 Å². The van der Waals surface area contributed by atoms with Gasteiger partial charge in [0, 0.05) is 18.3 Å². The second-order valence-corrected chi connectivity index (χ2v) is 3.52. The first-order valence-electron chi connectivity index (χ1n) is 4.92. The molecular weight excluding hydrogens is 209 g/mol. The molecule has 16 heavy (non-hydrogen) atoms. The highest BCUT2D eigenvalue weighted by Gasteiger charge is 2.04. The molecule has 0 aliphatic carbocycles. The predicted octanol–water partition coefficient (Wildman–Crippen LogP) is 0.822. The minimum atomic E-state index is -0.309.